The summed E-state index contributed by atoms with van der Waals surface area (Å²) in [5.41, 5.74) is -0.811. The highest BCUT2D eigenvalue weighted by Gasteiger charge is 2.45. The predicted octanol–water partition coefficient (Wildman–Crippen LogP) is 1.43. The van der Waals surface area contributed by atoms with Crippen LogP contribution in [0, 0.1) is 5.41 Å². The molecule has 1 rings (SSSR count). The van der Waals surface area contributed by atoms with Crippen LogP contribution < -0.4 is 0 Å². The molecule has 1 fully saturated rings. The van der Waals surface area contributed by atoms with E-state index in [-0.39, 0.29) is 25.3 Å². The molecule has 1 saturated heterocycles. The minimum Gasteiger partial charge on any atom is -0.481 e. The lowest BCUT2D eigenvalue weighted by Gasteiger charge is -2.24. The molecule has 0 aliphatic carbocycles. The molecule has 0 aromatic heterocycles. The van der Waals surface area contributed by atoms with Gasteiger partial charge in [-0.3, -0.25) is 14.4 Å². The number of carboxylic acids is 1. The minimum atomic E-state index is -0.833. The topological polar surface area (TPSA) is 83.9 Å². The maximum Gasteiger partial charge on any atom is 0.311 e. The maximum atomic E-state index is 12.0. The SMILES string of the molecule is CCCC1(C(=O)O)CCN(C(=O)CCC(=O)OCC)C1. The molecule has 0 spiro atoms. The lowest BCUT2D eigenvalue weighted by molar-refractivity contribution is -0.149. The molecular formula is C14H23NO5. The molecule has 20 heavy (non-hydrogen) atoms. The van der Waals surface area contributed by atoms with Crippen LogP contribution >= 0.6 is 0 Å². The monoisotopic (exact) mass is 285 g/mol. The van der Waals surface area contributed by atoms with Crippen LogP contribution in [0.4, 0.5) is 0 Å². The first-order chi connectivity index (χ1) is 9.45. The summed E-state index contributed by atoms with van der Waals surface area (Å²) in [6.07, 6.45) is 1.97. The molecule has 0 aromatic rings. The zero-order valence-electron chi connectivity index (χ0n) is 12.2. The van der Waals surface area contributed by atoms with Crippen LogP contribution in [0.2, 0.25) is 0 Å². The van der Waals surface area contributed by atoms with E-state index < -0.39 is 17.4 Å². The largest absolute Gasteiger partial charge is 0.481 e. The Morgan fingerprint density at radius 3 is 2.50 bits per heavy atom. The van der Waals surface area contributed by atoms with E-state index in [1.165, 1.54) is 0 Å². The van der Waals surface area contributed by atoms with Crippen molar-refractivity contribution in [1.29, 1.82) is 0 Å². The van der Waals surface area contributed by atoms with Gasteiger partial charge in [0.1, 0.15) is 0 Å². The van der Waals surface area contributed by atoms with Crippen LogP contribution in [0.15, 0.2) is 0 Å². The van der Waals surface area contributed by atoms with Crippen LogP contribution in [-0.2, 0) is 19.1 Å². The Morgan fingerprint density at radius 2 is 1.95 bits per heavy atom. The average Bonchev–Trinajstić information content (AvgIpc) is 2.82. The number of nitrogens with zero attached hydrogens (tertiary/aromatic N) is 1. The smallest absolute Gasteiger partial charge is 0.311 e. The second kappa shape index (κ2) is 7.26. The van der Waals surface area contributed by atoms with Crippen molar-refractivity contribution in [3.63, 3.8) is 0 Å². The molecule has 1 amide bonds. The summed E-state index contributed by atoms with van der Waals surface area (Å²) in [6.45, 7) is 4.66. The molecule has 0 radical (unpaired) electrons. The van der Waals surface area contributed by atoms with Gasteiger partial charge >= 0.3 is 11.9 Å². The molecule has 1 atom stereocenters. The Morgan fingerprint density at radius 1 is 1.25 bits per heavy atom. The Bertz CT molecular complexity index is 382. The van der Waals surface area contributed by atoms with E-state index >= 15 is 0 Å². The van der Waals surface area contributed by atoms with Gasteiger partial charge in [-0.2, -0.15) is 0 Å². The fourth-order valence-electron chi connectivity index (χ4n) is 2.65. The zero-order valence-corrected chi connectivity index (χ0v) is 12.2. The molecule has 1 heterocycles. The number of amides is 1. The van der Waals surface area contributed by atoms with E-state index in [4.69, 9.17) is 4.74 Å². The second-order valence-corrected chi connectivity index (χ2v) is 5.21. The molecule has 1 N–H and O–H groups in total. The van der Waals surface area contributed by atoms with Crippen molar-refractivity contribution in [2.45, 2.75) is 46.0 Å². The van der Waals surface area contributed by atoms with E-state index in [0.717, 1.165) is 6.42 Å². The highest BCUT2D eigenvalue weighted by Crippen LogP contribution is 2.35. The zero-order chi connectivity index (χ0) is 15.2. The van der Waals surface area contributed by atoms with Crippen LogP contribution in [0.1, 0.15) is 46.0 Å². The number of likely N-dealkylation sites (tertiary alicyclic amines) is 1. The van der Waals surface area contributed by atoms with E-state index in [0.29, 0.717) is 26.0 Å². The highest BCUT2D eigenvalue weighted by molar-refractivity contribution is 5.83. The number of carbonyl (C=O) groups is 3. The lowest BCUT2D eigenvalue weighted by atomic mass is 9.83. The van der Waals surface area contributed by atoms with Gasteiger partial charge in [-0.25, -0.2) is 0 Å². The molecule has 1 aliphatic heterocycles. The van der Waals surface area contributed by atoms with Gasteiger partial charge in [-0.1, -0.05) is 13.3 Å². The Balaban J connectivity index is 2.51. The summed E-state index contributed by atoms with van der Waals surface area (Å²) in [5.74, 6) is -1.39. The van der Waals surface area contributed by atoms with E-state index in [1.807, 2.05) is 6.92 Å². The molecule has 1 aliphatic rings. The van der Waals surface area contributed by atoms with Gasteiger partial charge in [0, 0.05) is 19.5 Å². The van der Waals surface area contributed by atoms with Gasteiger partial charge in [-0.15, -0.1) is 0 Å². The summed E-state index contributed by atoms with van der Waals surface area (Å²) in [6, 6.07) is 0. The highest BCUT2D eigenvalue weighted by atomic mass is 16.5. The van der Waals surface area contributed by atoms with Crippen molar-refractivity contribution < 1.29 is 24.2 Å². The summed E-state index contributed by atoms with van der Waals surface area (Å²) in [7, 11) is 0. The number of esters is 1. The fourth-order valence-corrected chi connectivity index (χ4v) is 2.65. The summed E-state index contributed by atoms with van der Waals surface area (Å²) in [5, 5.41) is 9.37. The van der Waals surface area contributed by atoms with Crippen LogP contribution in [0.5, 0.6) is 0 Å². The number of aliphatic carboxylic acids is 1. The third kappa shape index (κ3) is 3.95. The fraction of sp³-hybridized carbons (Fsp3) is 0.786. The first-order valence-corrected chi connectivity index (χ1v) is 7.12. The maximum absolute atomic E-state index is 12.0. The van der Waals surface area contributed by atoms with Crippen LogP contribution in [0.25, 0.3) is 0 Å². The van der Waals surface area contributed by atoms with E-state index in [1.54, 1.807) is 11.8 Å². The number of ether oxygens (including phenoxy) is 1. The Labute approximate surface area is 119 Å². The Kier molecular flexibility index (Phi) is 5.98. The van der Waals surface area contributed by atoms with Gasteiger partial charge in [0.2, 0.25) is 5.91 Å². The van der Waals surface area contributed by atoms with E-state index in [2.05, 4.69) is 0 Å². The first-order valence-electron chi connectivity index (χ1n) is 7.12. The number of rotatable bonds is 7. The molecule has 0 aromatic carbocycles. The molecular weight excluding hydrogens is 262 g/mol. The normalized spacial score (nSPS) is 21.8. The minimum absolute atomic E-state index is 0.0526. The number of hydrogen-bond donors (Lipinski definition) is 1. The summed E-state index contributed by atoms with van der Waals surface area (Å²) in [4.78, 5) is 36.2. The van der Waals surface area contributed by atoms with Crippen molar-refractivity contribution >= 4 is 17.8 Å². The molecule has 1 unspecified atom stereocenters. The van der Waals surface area contributed by atoms with Crippen molar-refractivity contribution in [2.75, 3.05) is 19.7 Å². The van der Waals surface area contributed by atoms with Crippen molar-refractivity contribution in [2.24, 2.45) is 5.41 Å². The average molecular weight is 285 g/mol. The third-order valence-electron chi connectivity index (χ3n) is 3.74. The van der Waals surface area contributed by atoms with Gasteiger partial charge < -0.3 is 14.7 Å². The number of hydrogen-bond acceptors (Lipinski definition) is 4. The van der Waals surface area contributed by atoms with Gasteiger partial charge in [0.25, 0.3) is 0 Å². The molecule has 6 nitrogen and oxygen atoms in total. The van der Waals surface area contributed by atoms with E-state index in [9.17, 15) is 19.5 Å². The molecule has 6 heteroatoms. The molecule has 114 valence electrons. The lowest BCUT2D eigenvalue weighted by Crippen LogP contribution is -2.37. The van der Waals surface area contributed by atoms with Gasteiger partial charge in [0.15, 0.2) is 0 Å². The molecule has 0 saturated carbocycles. The third-order valence-corrected chi connectivity index (χ3v) is 3.74. The van der Waals surface area contributed by atoms with Crippen LogP contribution in [0.3, 0.4) is 0 Å². The summed E-state index contributed by atoms with van der Waals surface area (Å²) < 4.78 is 4.77. The molecule has 0 bridgehead atoms. The van der Waals surface area contributed by atoms with Crippen LogP contribution in [-0.4, -0.2) is 47.5 Å². The van der Waals surface area contributed by atoms with Crippen molar-refractivity contribution in [3.05, 3.63) is 0 Å². The quantitative estimate of drug-likeness (QED) is 0.715. The van der Waals surface area contributed by atoms with Crippen molar-refractivity contribution in [1.82, 2.24) is 4.90 Å². The summed E-state index contributed by atoms with van der Waals surface area (Å²) >= 11 is 0. The second-order valence-electron chi connectivity index (χ2n) is 5.21. The predicted molar refractivity (Wildman–Crippen MR) is 72.0 cm³/mol. The first kappa shape index (κ1) is 16.5. The van der Waals surface area contributed by atoms with Gasteiger partial charge in [-0.05, 0) is 19.8 Å². The van der Waals surface area contributed by atoms with Gasteiger partial charge in [0.05, 0.1) is 18.4 Å². The van der Waals surface area contributed by atoms with Crippen molar-refractivity contribution in [3.8, 4) is 0 Å². The Hall–Kier alpha value is -1.59. The standard InChI is InChI=1S/C14H23NO5/c1-3-7-14(13(18)19)8-9-15(10-14)11(16)5-6-12(17)20-4-2/h3-10H2,1-2H3,(H,18,19). The number of carbonyl (C=O) groups excluding carboxylic acids is 2. The number of carboxylic acid groups (broad SMARTS) is 1.